The number of hydrogen-bond donors (Lipinski definition) is 3. The van der Waals surface area contributed by atoms with Gasteiger partial charge < -0.3 is 9.47 Å². The minimum atomic E-state index is -0.454. The van der Waals surface area contributed by atoms with Crippen molar-refractivity contribution in [2.75, 3.05) is 13.2 Å². The van der Waals surface area contributed by atoms with Gasteiger partial charge in [0.15, 0.2) is 5.11 Å². The predicted molar refractivity (Wildman–Crippen MR) is 132 cm³/mol. The number of hydrogen-bond acceptors (Lipinski definition) is 5. The molecule has 0 unspecified atom stereocenters. The quantitative estimate of drug-likeness (QED) is 0.329. The number of thiocarbonyl (C=S) groups is 1. The molecule has 0 aliphatic heterocycles. The van der Waals surface area contributed by atoms with Gasteiger partial charge in [-0.1, -0.05) is 48.8 Å². The third-order valence-electron chi connectivity index (χ3n) is 4.25. The van der Waals surface area contributed by atoms with E-state index < -0.39 is 11.8 Å². The Balaban J connectivity index is 1.97. The Bertz CT molecular complexity index is 953. The van der Waals surface area contributed by atoms with Crippen LogP contribution in [0.3, 0.4) is 0 Å². The van der Waals surface area contributed by atoms with Gasteiger partial charge in [-0.15, -0.1) is 0 Å². The first-order valence-corrected chi connectivity index (χ1v) is 11.6. The van der Waals surface area contributed by atoms with Crippen molar-refractivity contribution in [2.45, 2.75) is 33.6 Å². The largest absolute Gasteiger partial charge is 0.493 e. The normalized spacial score (nSPS) is 10.4. The molecule has 0 fully saturated rings. The first kappa shape index (κ1) is 25.6. The van der Waals surface area contributed by atoms with Crippen LogP contribution in [0.15, 0.2) is 46.9 Å². The lowest BCUT2D eigenvalue weighted by molar-refractivity contribution is 0.0930. The summed E-state index contributed by atoms with van der Waals surface area (Å²) < 4.78 is 12.1. The van der Waals surface area contributed by atoms with Crippen molar-refractivity contribution < 1.29 is 19.1 Å². The van der Waals surface area contributed by atoms with Crippen LogP contribution in [-0.2, 0) is 0 Å². The molecule has 0 aromatic heterocycles. The summed E-state index contributed by atoms with van der Waals surface area (Å²) in [5.41, 5.74) is 5.72. The zero-order valence-electron chi connectivity index (χ0n) is 18.4. The smallest absolute Gasteiger partial charge is 0.273 e. The Morgan fingerprint density at radius 3 is 2.38 bits per heavy atom. The maximum absolute atomic E-state index is 12.7. The number of hydrazine groups is 1. The molecule has 2 rings (SSSR count). The number of rotatable bonds is 9. The average molecular weight is 522 g/mol. The number of carbonyl (C=O) groups is 2. The Kier molecular flexibility index (Phi) is 10.4. The highest BCUT2D eigenvalue weighted by molar-refractivity contribution is 9.10. The molecule has 9 heteroatoms. The minimum absolute atomic E-state index is 0.0524. The number of carbonyl (C=O) groups excluding carboxylic acids is 2. The van der Waals surface area contributed by atoms with Gasteiger partial charge in [-0.2, -0.15) is 0 Å². The summed E-state index contributed by atoms with van der Waals surface area (Å²) in [5.74, 6) is 0.527. The van der Waals surface area contributed by atoms with Crippen LogP contribution >= 0.6 is 28.1 Å². The number of nitrogens with one attached hydrogen (secondary N) is 3. The predicted octanol–water partition coefficient (Wildman–Crippen LogP) is 4.61. The van der Waals surface area contributed by atoms with Crippen molar-refractivity contribution in [1.29, 1.82) is 0 Å². The van der Waals surface area contributed by atoms with Gasteiger partial charge in [0.2, 0.25) is 0 Å². The second-order valence-electron chi connectivity index (χ2n) is 7.38. The van der Waals surface area contributed by atoms with E-state index >= 15 is 0 Å². The fourth-order valence-electron chi connectivity index (χ4n) is 2.58. The fraction of sp³-hybridized carbons (Fsp3) is 0.348. The van der Waals surface area contributed by atoms with Gasteiger partial charge in [-0.25, -0.2) is 0 Å². The SMILES string of the molecule is CCCOc1ccccc1C(=O)NNC(=S)NC(=O)c1cc(Br)ccc1OCCC(C)C. The summed E-state index contributed by atoms with van der Waals surface area (Å²) >= 11 is 8.53. The molecule has 2 amide bonds. The van der Waals surface area contributed by atoms with Crippen molar-refractivity contribution in [1.82, 2.24) is 16.2 Å². The molecule has 0 aliphatic carbocycles. The molecule has 0 bridgehead atoms. The monoisotopic (exact) mass is 521 g/mol. The number of benzene rings is 2. The lowest BCUT2D eigenvalue weighted by atomic mass is 10.1. The number of ether oxygens (including phenoxy) is 2. The summed E-state index contributed by atoms with van der Waals surface area (Å²) in [4.78, 5) is 25.2. The van der Waals surface area contributed by atoms with E-state index in [-0.39, 0.29) is 5.11 Å². The van der Waals surface area contributed by atoms with Gasteiger partial charge in [0.05, 0.1) is 24.3 Å². The molecular weight excluding hydrogens is 494 g/mol. The Morgan fingerprint density at radius 2 is 1.66 bits per heavy atom. The third-order valence-corrected chi connectivity index (χ3v) is 4.95. The first-order valence-electron chi connectivity index (χ1n) is 10.4. The van der Waals surface area contributed by atoms with Crippen LogP contribution < -0.4 is 25.6 Å². The van der Waals surface area contributed by atoms with Gasteiger partial charge in [0.25, 0.3) is 11.8 Å². The molecule has 172 valence electrons. The van der Waals surface area contributed by atoms with E-state index in [0.717, 1.165) is 17.3 Å². The van der Waals surface area contributed by atoms with Crippen LogP contribution in [0.1, 0.15) is 54.3 Å². The van der Waals surface area contributed by atoms with Crippen LogP contribution in [0.25, 0.3) is 0 Å². The third kappa shape index (κ3) is 8.12. The molecular formula is C23H28BrN3O4S. The molecule has 32 heavy (non-hydrogen) atoms. The Morgan fingerprint density at radius 1 is 0.969 bits per heavy atom. The molecule has 0 atom stereocenters. The lowest BCUT2D eigenvalue weighted by Crippen LogP contribution is -2.48. The highest BCUT2D eigenvalue weighted by Gasteiger charge is 2.16. The topological polar surface area (TPSA) is 88.7 Å². The Hall–Kier alpha value is -2.65. The van der Waals surface area contributed by atoms with Crippen molar-refractivity contribution in [3.8, 4) is 11.5 Å². The van der Waals surface area contributed by atoms with Crippen LogP contribution in [-0.4, -0.2) is 30.1 Å². The van der Waals surface area contributed by atoms with Crippen molar-refractivity contribution in [3.05, 3.63) is 58.1 Å². The molecule has 3 N–H and O–H groups in total. The second-order valence-corrected chi connectivity index (χ2v) is 8.70. The van der Waals surface area contributed by atoms with E-state index in [1.165, 1.54) is 0 Å². The molecule has 0 saturated carbocycles. The summed E-state index contributed by atoms with van der Waals surface area (Å²) in [5, 5.41) is 2.50. The molecule has 0 radical (unpaired) electrons. The summed E-state index contributed by atoms with van der Waals surface area (Å²) in [6.45, 7) is 7.19. The van der Waals surface area contributed by atoms with E-state index in [0.29, 0.717) is 41.8 Å². The summed E-state index contributed by atoms with van der Waals surface area (Å²) in [6, 6.07) is 12.1. The molecule has 2 aromatic rings. The molecule has 0 saturated heterocycles. The minimum Gasteiger partial charge on any atom is -0.493 e. The highest BCUT2D eigenvalue weighted by Crippen LogP contribution is 2.24. The van der Waals surface area contributed by atoms with E-state index in [9.17, 15) is 9.59 Å². The maximum atomic E-state index is 12.7. The summed E-state index contributed by atoms with van der Waals surface area (Å²) in [6.07, 6.45) is 1.69. The molecule has 7 nitrogen and oxygen atoms in total. The zero-order valence-corrected chi connectivity index (χ0v) is 20.8. The lowest BCUT2D eigenvalue weighted by Gasteiger charge is -2.15. The van der Waals surface area contributed by atoms with Gasteiger partial charge in [-0.3, -0.25) is 25.8 Å². The van der Waals surface area contributed by atoms with Crippen LogP contribution in [0, 0.1) is 5.92 Å². The number of amides is 2. The molecule has 0 aliphatic rings. The van der Waals surface area contributed by atoms with E-state index in [1.54, 1.807) is 42.5 Å². The van der Waals surface area contributed by atoms with Crippen molar-refractivity contribution in [3.63, 3.8) is 0 Å². The van der Waals surface area contributed by atoms with Gasteiger partial charge in [0, 0.05) is 4.47 Å². The standard InChI is InChI=1S/C23H28BrN3O4S/c1-4-12-30-19-8-6-5-7-17(19)22(29)26-27-23(32)25-21(28)18-14-16(24)9-10-20(18)31-13-11-15(2)3/h5-10,14-15H,4,11-13H2,1-3H3,(H,26,29)(H2,25,27,28,32). The van der Waals surface area contributed by atoms with Crippen LogP contribution in [0.2, 0.25) is 0 Å². The highest BCUT2D eigenvalue weighted by atomic mass is 79.9. The molecule has 2 aromatic carbocycles. The van der Waals surface area contributed by atoms with E-state index in [2.05, 4.69) is 45.9 Å². The maximum Gasteiger partial charge on any atom is 0.273 e. The molecule has 0 spiro atoms. The zero-order chi connectivity index (χ0) is 23.5. The summed E-state index contributed by atoms with van der Waals surface area (Å²) in [7, 11) is 0. The molecule has 0 heterocycles. The van der Waals surface area contributed by atoms with Gasteiger partial charge >= 0.3 is 0 Å². The van der Waals surface area contributed by atoms with Crippen LogP contribution in [0.4, 0.5) is 0 Å². The number of para-hydroxylation sites is 1. The van der Waals surface area contributed by atoms with Crippen molar-refractivity contribution in [2.24, 2.45) is 5.92 Å². The van der Waals surface area contributed by atoms with E-state index in [4.69, 9.17) is 21.7 Å². The van der Waals surface area contributed by atoms with Crippen molar-refractivity contribution >= 4 is 45.1 Å². The van der Waals surface area contributed by atoms with Gasteiger partial charge in [0.1, 0.15) is 11.5 Å². The van der Waals surface area contributed by atoms with Gasteiger partial charge in [-0.05, 0) is 61.3 Å². The fourth-order valence-corrected chi connectivity index (χ4v) is 3.09. The second kappa shape index (κ2) is 13.0. The van der Waals surface area contributed by atoms with Crippen LogP contribution in [0.5, 0.6) is 11.5 Å². The average Bonchev–Trinajstić information content (AvgIpc) is 2.76. The Labute approximate surface area is 202 Å². The number of halogens is 1. The van der Waals surface area contributed by atoms with E-state index in [1.807, 2.05) is 6.92 Å². The first-order chi connectivity index (χ1) is 15.3.